The third kappa shape index (κ3) is 3.59. The second kappa shape index (κ2) is 7.14. The fourth-order valence-corrected chi connectivity index (χ4v) is 2.54. The van der Waals surface area contributed by atoms with E-state index in [0.717, 1.165) is 16.8 Å². The van der Waals surface area contributed by atoms with Crippen molar-refractivity contribution in [2.24, 2.45) is 0 Å². The highest BCUT2D eigenvalue weighted by atomic mass is 16.7. The average Bonchev–Trinajstić information content (AvgIpc) is 3.34. The van der Waals surface area contributed by atoms with Crippen LogP contribution in [0.1, 0.15) is 11.1 Å². The Morgan fingerprint density at radius 3 is 2.88 bits per heavy atom. The molecule has 6 nitrogen and oxygen atoms in total. The van der Waals surface area contributed by atoms with E-state index in [1.165, 1.54) is 6.08 Å². The number of aromatic nitrogens is 2. The van der Waals surface area contributed by atoms with Gasteiger partial charge in [-0.15, -0.1) is 0 Å². The van der Waals surface area contributed by atoms with Gasteiger partial charge in [-0.05, 0) is 35.9 Å². The largest absolute Gasteiger partial charge is 0.458 e. The van der Waals surface area contributed by atoms with Gasteiger partial charge in [-0.1, -0.05) is 24.3 Å². The minimum atomic E-state index is -0.421. The van der Waals surface area contributed by atoms with Crippen LogP contribution in [0.2, 0.25) is 0 Å². The van der Waals surface area contributed by atoms with Gasteiger partial charge in [0.05, 0.1) is 11.9 Å². The Morgan fingerprint density at radius 2 is 2.00 bits per heavy atom. The first kappa shape index (κ1) is 16.0. The summed E-state index contributed by atoms with van der Waals surface area (Å²) in [4.78, 5) is 11.9. The molecular formula is C20H16N2O4. The number of rotatable bonds is 5. The van der Waals surface area contributed by atoms with Crippen molar-refractivity contribution in [3.63, 3.8) is 0 Å². The minimum Gasteiger partial charge on any atom is -0.458 e. The molecule has 0 radical (unpaired) electrons. The van der Waals surface area contributed by atoms with E-state index in [0.29, 0.717) is 11.5 Å². The third-order valence-corrected chi connectivity index (χ3v) is 3.85. The number of hydrogen-bond donors (Lipinski definition) is 0. The molecule has 0 saturated carbocycles. The molecule has 0 atom stereocenters. The van der Waals surface area contributed by atoms with Crippen LogP contribution in [-0.2, 0) is 16.1 Å². The monoisotopic (exact) mass is 348 g/mol. The summed E-state index contributed by atoms with van der Waals surface area (Å²) >= 11 is 0. The quantitative estimate of drug-likeness (QED) is 0.523. The number of carbonyl (C=O) groups excluding carboxylic acids is 1. The molecule has 6 heteroatoms. The van der Waals surface area contributed by atoms with Crippen LogP contribution in [0.15, 0.2) is 67.0 Å². The SMILES string of the molecule is O=C(/C=C/c1cnn(-c2ccccc2)c1)OCc1ccc2c(c1)OCO2. The molecule has 2 aromatic carbocycles. The van der Waals surface area contributed by atoms with Crippen molar-refractivity contribution in [1.82, 2.24) is 9.78 Å². The van der Waals surface area contributed by atoms with Gasteiger partial charge in [0, 0.05) is 17.8 Å². The molecule has 0 bridgehead atoms. The van der Waals surface area contributed by atoms with Gasteiger partial charge in [-0.25, -0.2) is 9.48 Å². The minimum absolute atomic E-state index is 0.170. The van der Waals surface area contributed by atoms with Crippen molar-refractivity contribution in [3.05, 3.63) is 78.1 Å². The maximum atomic E-state index is 11.9. The zero-order chi connectivity index (χ0) is 17.8. The standard InChI is InChI=1S/C20H16N2O4/c23-20(24-13-15-6-8-18-19(10-15)26-14-25-18)9-7-16-11-21-22(12-16)17-4-2-1-3-5-17/h1-12H,13-14H2/b9-7+. The Morgan fingerprint density at radius 1 is 1.15 bits per heavy atom. The molecule has 0 amide bonds. The predicted molar refractivity (Wildman–Crippen MR) is 95.0 cm³/mol. The Labute approximate surface area is 150 Å². The molecule has 1 aromatic heterocycles. The summed E-state index contributed by atoms with van der Waals surface area (Å²) in [5.74, 6) is 0.952. The number of ether oxygens (including phenoxy) is 3. The average molecular weight is 348 g/mol. The summed E-state index contributed by atoms with van der Waals surface area (Å²) in [6.07, 6.45) is 6.60. The molecule has 1 aliphatic heterocycles. The molecule has 0 saturated heterocycles. The van der Waals surface area contributed by atoms with Gasteiger partial charge in [0.15, 0.2) is 11.5 Å². The van der Waals surface area contributed by atoms with Crippen molar-refractivity contribution in [2.75, 3.05) is 6.79 Å². The highest BCUT2D eigenvalue weighted by Gasteiger charge is 2.13. The predicted octanol–water partition coefficient (Wildman–Crippen LogP) is 3.36. The summed E-state index contributed by atoms with van der Waals surface area (Å²) < 4.78 is 17.6. The topological polar surface area (TPSA) is 62.6 Å². The Kier molecular flexibility index (Phi) is 4.38. The smallest absolute Gasteiger partial charge is 0.331 e. The van der Waals surface area contributed by atoms with E-state index in [9.17, 15) is 4.79 Å². The first-order valence-corrected chi connectivity index (χ1v) is 8.11. The second-order valence-electron chi connectivity index (χ2n) is 5.68. The second-order valence-corrected chi connectivity index (χ2v) is 5.68. The molecular weight excluding hydrogens is 332 g/mol. The van der Waals surface area contributed by atoms with Gasteiger partial charge in [0.1, 0.15) is 6.61 Å². The van der Waals surface area contributed by atoms with E-state index in [2.05, 4.69) is 5.10 Å². The van der Waals surface area contributed by atoms with Crippen molar-refractivity contribution in [2.45, 2.75) is 6.61 Å². The number of nitrogens with zero attached hydrogens (tertiary/aromatic N) is 2. The number of para-hydroxylation sites is 1. The molecule has 4 rings (SSSR count). The van der Waals surface area contributed by atoms with E-state index in [-0.39, 0.29) is 13.4 Å². The van der Waals surface area contributed by atoms with Crippen LogP contribution < -0.4 is 9.47 Å². The molecule has 0 N–H and O–H groups in total. The van der Waals surface area contributed by atoms with Crippen molar-refractivity contribution in [3.8, 4) is 17.2 Å². The van der Waals surface area contributed by atoms with Crippen molar-refractivity contribution in [1.29, 1.82) is 0 Å². The summed E-state index contributed by atoms with van der Waals surface area (Å²) in [7, 11) is 0. The summed E-state index contributed by atoms with van der Waals surface area (Å²) in [6.45, 7) is 0.390. The fourth-order valence-electron chi connectivity index (χ4n) is 2.54. The molecule has 2 heterocycles. The van der Waals surface area contributed by atoms with Crippen LogP contribution in [0, 0.1) is 0 Å². The van der Waals surface area contributed by atoms with E-state index in [1.54, 1.807) is 23.0 Å². The van der Waals surface area contributed by atoms with Gasteiger partial charge >= 0.3 is 5.97 Å². The van der Waals surface area contributed by atoms with Crippen LogP contribution in [0.4, 0.5) is 0 Å². The number of hydrogen-bond acceptors (Lipinski definition) is 5. The molecule has 3 aromatic rings. The first-order valence-electron chi connectivity index (χ1n) is 8.11. The molecule has 0 aliphatic carbocycles. The molecule has 0 spiro atoms. The van der Waals surface area contributed by atoms with Crippen molar-refractivity contribution >= 4 is 12.0 Å². The molecule has 130 valence electrons. The van der Waals surface area contributed by atoms with E-state index in [4.69, 9.17) is 14.2 Å². The van der Waals surface area contributed by atoms with Crippen LogP contribution in [0.5, 0.6) is 11.5 Å². The summed E-state index contributed by atoms with van der Waals surface area (Å²) in [5.41, 5.74) is 2.61. The Hall–Kier alpha value is -3.54. The Balaban J connectivity index is 1.34. The van der Waals surface area contributed by atoms with Crippen LogP contribution >= 0.6 is 0 Å². The van der Waals surface area contributed by atoms with Crippen LogP contribution in [-0.4, -0.2) is 22.5 Å². The first-order chi connectivity index (χ1) is 12.8. The molecule has 0 unspecified atom stereocenters. The number of carbonyl (C=O) groups is 1. The number of fused-ring (bicyclic) bond motifs is 1. The van der Waals surface area contributed by atoms with Gasteiger partial charge in [0.2, 0.25) is 6.79 Å². The van der Waals surface area contributed by atoms with E-state index in [1.807, 2.05) is 48.7 Å². The number of esters is 1. The van der Waals surface area contributed by atoms with Gasteiger partial charge in [-0.3, -0.25) is 0 Å². The normalized spacial score (nSPS) is 12.5. The fraction of sp³-hybridized carbons (Fsp3) is 0.100. The van der Waals surface area contributed by atoms with Gasteiger partial charge in [-0.2, -0.15) is 5.10 Å². The van der Waals surface area contributed by atoms with Crippen molar-refractivity contribution < 1.29 is 19.0 Å². The molecule has 26 heavy (non-hydrogen) atoms. The summed E-state index contributed by atoms with van der Waals surface area (Å²) in [5, 5.41) is 4.28. The lowest BCUT2D eigenvalue weighted by Gasteiger charge is -2.03. The van der Waals surface area contributed by atoms with E-state index >= 15 is 0 Å². The highest BCUT2D eigenvalue weighted by molar-refractivity contribution is 5.86. The van der Waals surface area contributed by atoms with Gasteiger partial charge < -0.3 is 14.2 Å². The summed E-state index contributed by atoms with van der Waals surface area (Å²) in [6, 6.07) is 15.2. The molecule has 1 aliphatic rings. The van der Waals surface area contributed by atoms with E-state index < -0.39 is 5.97 Å². The highest BCUT2D eigenvalue weighted by Crippen LogP contribution is 2.32. The number of benzene rings is 2. The third-order valence-electron chi connectivity index (χ3n) is 3.85. The van der Waals surface area contributed by atoms with Crippen LogP contribution in [0.25, 0.3) is 11.8 Å². The lowest BCUT2D eigenvalue weighted by atomic mass is 10.2. The lowest BCUT2D eigenvalue weighted by Crippen LogP contribution is -2.00. The van der Waals surface area contributed by atoms with Gasteiger partial charge in [0.25, 0.3) is 0 Å². The van der Waals surface area contributed by atoms with Crippen LogP contribution in [0.3, 0.4) is 0 Å². The lowest BCUT2D eigenvalue weighted by molar-refractivity contribution is -0.138. The Bertz CT molecular complexity index is 947. The zero-order valence-corrected chi connectivity index (χ0v) is 13.9. The maximum absolute atomic E-state index is 11.9. The zero-order valence-electron chi connectivity index (χ0n) is 13.9. The molecule has 0 fully saturated rings. The maximum Gasteiger partial charge on any atom is 0.331 e.